The summed E-state index contributed by atoms with van der Waals surface area (Å²) in [5, 5.41) is 0. The number of aromatic nitrogens is 2. The summed E-state index contributed by atoms with van der Waals surface area (Å²) in [6, 6.07) is 14.8. The number of fused-ring (bicyclic) bond motifs is 1. The zero-order valence-corrected chi connectivity index (χ0v) is 10.8. The van der Waals surface area contributed by atoms with Gasteiger partial charge in [-0.2, -0.15) is 0 Å². The van der Waals surface area contributed by atoms with E-state index in [1.165, 1.54) is 16.6 Å². The van der Waals surface area contributed by atoms with E-state index < -0.39 is 0 Å². The van der Waals surface area contributed by atoms with Crippen LogP contribution in [0.1, 0.15) is 17.0 Å². The Hall–Kier alpha value is -2.13. The number of nitrogens with zero attached hydrogens (tertiary/aromatic N) is 2. The predicted molar refractivity (Wildman–Crippen MR) is 76.9 cm³/mol. The van der Waals surface area contributed by atoms with Gasteiger partial charge in [-0.15, -0.1) is 0 Å². The molecule has 3 heteroatoms. The van der Waals surface area contributed by atoms with E-state index in [1.807, 2.05) is 12.4 Å². The molecule has 3 aromatic rings. The lowest BCUT2D eigenvalue weighted by Crippen LogP contribution is -2.03. The van der Waals surface area contributed by atoms with E-state index >= 15 is 0 Å². The molecule has 0 aliphatic carbocycles. The average molecular weight is 251 g/mol. The highest BCUT2D eigenvalue weighted by molar-refractivity contribution is 5.54. The Labute approximate surface area is 112 Å². The first-order valence-corrected chi connectivity index (χ1v) is 6.56. The van der Waals surface area contributed by atoms with Crippen molar-refractivity contribution in [2.24, 2.45) is 5.73 Å². The molecule has 3 nitrogen and oxygen atoms in total. The van der Waals surface area contributed by atoms with E-state index in [2.05, 4.69) is 51.8 Å². The molecule has 0 bridgehead atoms. The Kier molecular flexibility index (Phi) is 3.29. The van der Waals surface area contributed by atoms with Crippen molar-refractivity contribution in [2.75, 3.05) is 0 Å². The molecule has 0 aliphatic heterocycles. The Morgan fingerprint density at radius 2 is 1.84 bits per heavy atom. The lowest BCUT2D eigenvalue weighted by Gasteiger charge is -2.05. The predicted octanol–water partition coefficient (Wildman–Crippen LogP) is 2.58. The monoisotopic (exact) mass is 251 g/mol. The lowest BCUT2D eigenvalue weighted by molar-refractivity contribution is 0.894. The van der Waals surface area contributed by atoms with Gasteiger partial charge in [0.1, 0.15) is 5.82 Å². The fourth-order valence-electron chi connectivity index (χ4n) is 2.42. The number of aryl methyl sites for hydroxylation is 2. The number of imidazole rings is 1. The summed E-state index contributed by atoms with van der Waals surface area (Å²) in [4.78, 5) is 4.37. The Morgan fingerprint density at radius 3 is 2.63 bits per heavy atom. The van der Waals surface area contributed by atoms with Crippen LogP contribution in [-0.4, -0.2) is 9.38 Å². The molecule has 0 unspecified atom stereocenters. The van der Waals surface area contributed by atoms with Gasteiger partial charge in [-0.05, 0) is 30.0 Å². The van der Waals surface area contributed by atoms with E-state index in [1.54, 1.807) is 0 Å². The van der Waals surface area contributed by atoms with Crippen LogP contribution in [0.4, 0.5) is 0 Å². The molecule has 0 aliphatic rings. The molecule has 0 saturated heterocycles. The van der Waals surface area contributed by atoms with E-state index in [0.29, 0.717) is 6.54 Å². The Bertz CT molecular complexity index is 671. The van der Waals surface area contributed by atoms with Crippen LogP contribution in [0, 0.1) is 0 Å². The van der Waals surface area contributed by atoms with Crippen molar-refractivity contribution < 1.29 is 0 Å². The molecule has 0 fully saturated rings. The highest BCUT2D eigenvalue weighted by Gasteiger charge is 2.05. The Balaban J connectivity index is 1.87. The molecule has 1 aromatic carbocycles. The molecule has 0 spiro atoms. The van der Waals surface area contributed by atoms with Crippen molar-refractivity contribution in [2.45, 2.75) is 19.4 Å². The average Bonchev–Trinajstić information content (AvgIpc) is 2.90. The normalized spacial score (nSPS) is 11.0. The summed E-state index contributed by atoms with van der Waals surface area (Å²) in [7, 11) is 0. The second-order valence-electron chi connectivity index (χ2n) is 4.65. The first kappa shape index (κ1) is 11.9. The van der Waals surface area contributed by atoms with Crippen molar-refractivity contribution >= 4 is 5.52 Å². The largest absolute Gasteiger partial charge is 0.324 e. The minimum absolute atomic E-state index is 0.469. The van der Waals surface area contributed by atoms with Crippen LogP contribution in [0.25, 0.3) is 5.52 Å². The van der Waals surface area contributed by atoms with Gasteiger partial charge >= 0.3 is 0 Å². The van der Waals surface area contributed by atoms with Crippen LogP contribution in [0.5, 0.6) is 0 Å². The summed E-state index contributed by atoms with van der Waals surface area (Å²) >= 11 is 0. The smallest absolute Gasteiger partial charge is 0.127 e. The summed E-state index contributed by atoms with van der Waals surface area (Å²) < 4.78 is 2.08. The molecule has 3 rings (SSSR count). The second-order valence-corrected chi connectivity index (χ2v) is 4.65. The maximum absolute atomic E-state index is 5.69. The number of pyridine rings is 1. The molecule has 2 aromatic heterocycles. The van der Waals surface area contributed by atoms with Crippen LogP contribution in [0.3, 0.4) is 0 Å². The van der Waals surface area contributed by atoms with E-state index in [4.69, 9.17) is 5.73 Å². The van der Waals surface area contributed by atoms with E-state index in [9.17, 15) is 0 Å². The van der Waals surface area contributed by atoms with Gasteiger partial charge in [-0.3, -0.25) is 0 Å². The second kappa shape index (κ2) is 5.24. The molecule has 2 N–H and O–H groups in total. The zero-order valence-electron chi connectivity index (χ0n) is 10.8. The van der Waals surface area contributed by atoms with Crippen LogP contribution < -0.4 is 5.73 Å². The number of rotatable bonds is 4. The van der Waals surface area contributed by atoms with Gasteiger partial charge in [0.15, 0.2) is 0 Å². The third kappa shape index (κ3) is 2.37. The van der Waals surface area contributed by atoms with E-state index in [-0.39, 0.29) is 0 Å². The van der Waals surface area contributed by atoms with Gasteiger partial charge in [0.25, 0.3) is 0 Å². The number of nitrogens with two attached hydrogens (primary N) is 1. The zero-order chi connectivity index (χ0) is 13.1. The molecule has 2 heterocycles. The molecule has 0 saturated carbocycles. The van der Waals surface area contributed by atoms with E-state index in [0.717, 1.165) is 18.7 Å². The van der Waals surface area contributed by atoms with Gasteiger partial charge in [0.2, 0.25) is 0 Å². The van der Waals surface area contributed by atoms with Crippen LogP contribution >= 0.6 is 0 Å². The first-order valence-electron chi connectivity index (χ1n) is 6.56. The highest BCUT2D eigenvalue weighted by Crippen LogP contribution is 2.15. The van der Waals surface area contributed by atoms with Gasteiger partial charge in [-0.1, -0.05) is 36.4 Å². The summed E-state index contributed by atoms with van der Waals surface area (Å²) in [5.41, 5.74) is 9.54. The maximum Gasteiger partial charge on any atom is 0.127 e. The molecule has 96 valence electrons. The molecule has 0 radical (unpaired) electrons. The number of hydrogen-bond donors (Lipinski definition) is 1. The molecular formula is C16H17N3. The van der Waals surface area contributed by atoms with Crippen molar-refractivity contribution in [3.05, 3.63) is 71.8 Å². The fraction of sp³-hybridized carbons (Fsp3) is 0.188. The Morgan fingerprint density at radius 1 is 1.00 bits per heavy atom. The highest BCUT2D eigenvalue weighted by atomic mass is 15.0. The van der Waals surface area contributed by atoms with Crippen LogP contribution in [0.15, 0.2) is 54.9 Å². The maximum atomic E-state index is 5.69. The van der Waals surface area contributed by atoms with Crippen LogP contribution in [-0.2, 0) is 19.4 Å². The first-order chi connectivity index (χ1) is 9.38. The number of hydrogen-bond acceptors (Lipinski definition) is 2. The molecule has 0 atom stereocenters. The van der Waals surface area contributed by atoms with Gasteiger partial charge in [-0.25, -0.2) is 4.98 Å². The molecular weight excluding hydrogens is 234 g/mol. The summed E-state index contributed by atoms with van der Waals surface area (Å²) in [5.74, 6) is 0.913. The van der Waals surface area contributed by atoms with Crippen LogP contribution in [0.2, 0.25) is 0 Å². The third-order valence-corrected chi connectivity index (χ3v) is 3.44. The fourth-order valence-corrected chi connectivity index (χ4v) is 2.42. The molecule has 0 amide bonds. The summed E-state index contributed by atoms with van der Waals surface area (Å²) in [6.45, 7) is 0.469. The standard InChI is InChI=1S/C16H17N3/c17-11-16-18-12-15-14(7-4-10-19(15)16)9-8-13-5-2-1-3-6-13/h1-7,10,12H,8-9,11,17H2. The quantitative estimate of drug-likeness (QED) is 0.774. The molecule has 19 heavy (non-hydrogen) atoms. The third-order valence-electron chi connectivity index (χ3n) is 3.44. The summed E-state index contributed by atoms with van der Waals surface area (Å²) in [6.07, 6.45) is 6.01. The van der Waals surface area contributed by atoms with Gasteiger partial charge in [0.05, 0.1) is 18.3 Å². The van der Waals surface area contributed by atoms with Gasteiger partial charge < -0.3 is 10.1 Å². The topological polar surface area (TPSA) is 43.3 Å². The minimum atomic E-state index is 0.469. The van der Waals surface area contributed by atoms with Crippen molar-refractivity contribution in [3.63, 3.8) is 0 Å². The van der Waals surface area contributed by atoms with Crippen molar-refractivity contribution in [1.29, 1.82) is 0 Å². The van der Waals surface area contributed by atoms with Gasteiger partial charge in [0, 0.05) is 6.20 Å². The number of benzene rings is 1. The lowest BCUT2D eigenvalue weighted by atomic mass is 10.0. The van der Waals surface area contributed by atoms with Crippen molar-refractivity contribution in [3.8, 4) is 0 Å². The minimum Gasteiger partial charge on any atom is -0.324 e. The van der Waals surface area contributed by atoms with Crippen molar-refractivity contribution in [1.82, 2.24) is 9.38 Å². The SMILES string of the molecule is NCc1ncc2c(CCc3ccccc3)cccn12.